The summed E-state index contributed by atoms with van der Waals surface area (Å²) in [5.41, 5.74) is 17.3. The Kier molecular flexibility index (Phi) is 10.7. The van der Waals surface area contributed by atoms with Gasteiger partial charge in [0.1, 0.15) is 6.04 Å². The summed E-state index contributed by atoms with van der Waals surface area (Å²) in [6.07, 6.45) is 1.41. The molecule has 8 N–H and O–H groups in total. The minimum absolute atomic E-state index is 0.338. The van der Waals surface area contributed by atoms with Crippen molar-refractivity contribution in [3.8, 4) is 0 Å². The van der Waals surface area contributed by atoms with Crippen molar-refractivity contribution in [3.05, 3.63) is 71.8 Å². The van der Waals surface area contributed by atoms with Crippen LogP contribution in [0.5, 0.6) is 0 Å². The monoisotopic (exact) mass is 400 g/mol. The number of amides is 2. The van der Waals surface area contributed by atoms with Crippen molar-refractivity contribution in [1.82, 2.24) is 5.32 Å². The van der Waals surface area contributed by atoms with Crippen molar-refractivity contribution >= 4 is 17.8 Å². The van der Waals surface area contributed by atoms with E-state index in [-0.39, 0.29) is 5.91 Å². The average molecular weight is 400 g/mol. The van der Waals surface area contributed by atoms with Gasteiger partial charge in [-0.1, -0.05) is 48.5 Å². The lowest BCUT2D eigenvalue weighted by Crippen LogP contribution is -2.41. The summed E-state index contributed by atoms with van der Waals surface area (Å²) in [7, 11) is 0. The molecule has 0 spiro atoms. The van der Waals surface area contributed by atoms with Crippen LogP contribution >= 0.6 is 0 Å². The molecule has 156 valence electrons. The van der Waals surface area contributed by atoms with Crippen molar-refractivity contribution in [1.29, 1.82) is 0 Å². The summed E-state index contributed by atoms with van der Waals surface area (Å²) in [5.74, 6) is -1.88. The zero-order valence-electron chi connectivity index (χ0n) is 16.2. The molecule has 2 atom stereocenters. The van der Waals surface area contributed by atoms with Crippen LogP contribution in [0.4, 0.5) is 0 Å². The molecule has 0 aliphatic carbocycles. The first-order chi connectivity index (χ1) is 13.8. The number of nitrogens with two attached hydrogens (primary N) is 3. The molecule has 0 saturated heterocycles. The Bertz CT molecular complexity index is 769. The number of hydrogen-bond donors (Lipinski definition) is 5. The molecule has 2 rings (SSSR count). The van der Waals surface area contributed by atoms with Crippen molar-refractivity contribution in [3.63, 3.8) is 0 Å². The first kappa shape index (κ1) is 23.8. The summed E-state index contributed by atoms with van der Waals surface area (Å²) in [6.45, 7) is 0.408. The maximum Gasteiger partial charge on any atom is 0.326 e. The molecular weight excluding hydrogens is 372 g/mol. The number of rotatable bonds is 9. The van der Waals surface area contributed by atoms with Crippen LogP contribution in [0.15, 0.2) is 60.7 Å². The Morgan fingerprint density at radius 3 is 2.00 bits per heavy atom. The van der Waals surface area contributed by atoms with E-state index in [2.05, 4.69) is 5.32 Å². The zero-order chi connectivity index (χ0) is 21.6. The number of carbonyl (C=O) groups is 3. The highest BCUT2D eigenvalue weighted by molar-refractivity contribution is 5.96. The molecule has 8 heteroatoms. The van der Waals surface area contributed by atoms with Crippen LogP contribution in [0.2, 0.25) is 0 Å². The molecule has 0 radical (unpaired) electrons. The van der Waals surface area contributed by atoms with Crippen LogP contribution < -0.4 is 22.5 Å². The molecule has 0 aliphatic heterocycles. The highest BCUT2D eigenvalue weighted by atomic mass is 16.4. The molecule has 0 aliphatic rings. The molecule has 0 saturated carbocycles. The standard InChI is InChI=1S/C12H16N2O3.C9H12N2O/c13-8-4-7-10(12(16)17)14-11(15)9-5-2-1-3-6-9;10-8(9(11)12)6-7-4-2-1-3-5-7/h1-3,5-6,10H,4,7-8,13H2,(H,14,15)(H,16,17);1-5,8H,6,10H2,(H2,11,12)/t10-;8-/m00/s1. The lowest BCUT2D eigenvalue weighted by Gasteiger charge is -2.13. The molecule has 2 aromatic carbocycles. The Balaban J connectivity index is 0.000000308. The highest BCUT2D eigenvalue weighted by Gasteiger charge is 2.19. The largest absolute Gasteiger partial charge is 0.480 e. The molecule has 0 unspecified atom stereocenters. The minimum Gasteiger partial charge on any atom is -0.480 e. The van der Waals surface area contributed by atoms with E-state index in [1.807, 2.05) is 30.3 Å². The summed E-state index contributed by atoms with van der Waals surface area (Å²) in [5, 5.41) is 11.4. The van der Waals surface area contributed by atoms with Gasteiger partial charge in [-0.15, -0.1) is 0 Å². The van der Waals surface area contributed by atoms with Gasteiger partial charge in [0, 0.05) is 5.56 Å². The third kappa shape index (κ3) is 9.50. The second kappa shape index (κ2) is 13.0. The van der Waals surface area contributed by atoms with Crippen LogP contribution in [-0.2, 0) is 16.0 Å². The predicted octanol–water partition coefficient (Wildman–Crippen LogP) is 0.650. The van der Waals surface area contributed by atoms with E-state index in [4.69, 9.17) is 22.3 Å². The minimum atomic E-state index is -1.04. The predicted molar refractivity (Wildman–Crippen MR) is 111 cm³/mol. The molecule has 0 bridgehead atoms. The van der Waals surface area contributed by atoms with Crippen LogP contribution in [0.25, 0.3) is 0 Å². The fraction of sp³-hybridized carbons (Fsp3) is 0.286. The summed E-state index contributed by atoms with van der Waals surface area (Å²) in [6, 6.07) is 16.6. The second-order valence-electron chi connectivity index (χ2n) is 6.36. The smallest absolute Gasteiger partial charge is 0.326 e. The van der Waals surface area contributed by atoms with Gasteiger partial charge in [-0.05, 0) is 43.5 Å². The van der Waals surface area contributed by atoms with Gasteiger partial charge in [0.2, 0.25) is 5.91 Å². The van der Waals surface area contributed by atoms with Gasteiger partial charge in [0.15, 0.2) is 0 Å². The summed E-state index contributed by atoms with van der Waals surface area (Å²) < 4.78 is 0. The fourth-order valence-corrected chi connectivity index (χ4v) is 2.38. The Labute approximate surface area is 170 Å². The van der Waals surface area contributed by atoms with E-state index in [1.54, 1.807) is 30.3 Å². The molecule has 0 fully saturated rings. The third-order valence-electron chi connectivity index (χ3n) is 4.00. The number of hydrogen-bond acceptors (Lipinski definition) is 5. The number of carbonyl (C=O) groups excluding carboxylic acids is 2. The number of nitrogens with one attached hydrogen (secondary N) is 1. The number of carboxylic acid groups (broad SMARTS) is 1. The van der Waals surface area contributed by atoms with Crippen LogP contribution in [-0.4, -0.2) is 41.5 Å². The van der Waals surface area contributed by atoms with Crippen molar-refractivity contribution in [2.45, 2.75) is 31.3 Å². The number of aliphatic carboxylic acids is 1. The van der Waals surface area contributed by atoms with Gasteiger partial charge in [0.05, 0.1) is 6.04 Å². The fourth-order valence-electron chi connectivity index (χ4n) is 2.38. The number of primary amides is 1. The van der Waals surface area contributed by atoms with E-state index < -0.39 is 24.0 Å². The molecule has 0 heterocycles. The van der Waals surface area contributed by atoms with E-state index >= 15 is 0 Å². The van der Waals surface area contributed by atoms with Gasteiger partial charge in [0.25, 0.3) is 5.91 Å². The molecule has 8 nitrogen and oxygen atoms in total. The molecule has 2 aromatic rings. The van der Waals surface area contributed by atoms with Crippen LogP contribution in [0.1, 0.15) is 28.8 Å². The average Bonchev–Trinajstić information content (AvgIpc) is 2.72. The third-order valence-corrected chi connectivity index (χ3v) is 4.00. The van der Waals surface area contributed by atoms with E-state index in [0.29, 0.717) is 31.4 Å². The Morgan fingerprint density at radius 1 is 0.966 bits per heavy atom. The summed E-state index contributed by atoms with van der Waals surface area (Å²) in [4.78, 5) is 33.2. The Hall–Kier alpha value is -3.23. The van der Waals surface area contributed by atoms with Crippen LogP contribution in [0, 0.1) is 0 Å². The maximum absolute atomic E-state index is 11.7. The highest BCUT2D eigenvalue weighted by Crippen LogP contribution is 2.02. The van der Waals surface area contributed by atoms with Gasteiger partial charge < -0.3 is 27.6 Å². The lowest BCUT2D eigenvalue weighted by molar-refractivity contribution is -0.139. The van der Waals surface area contributed by atoms with E-state index in [1.165, 1.54) is 0 Å². The SMILES string of the molecule is NC(=O)[C@@H](N)Cc1ccccc1.NCCC[C@H](NC(=O)c1ccccc1)C(=O)O. The van der Waals surface area contributed by atoms with E-state index in [9.17, 15) is 14.4 Å². The van der Waals surface area contributed by atoms with Crippen molar-refractivity contribution in [2.24, 2.45) is 17.2 Å². The lowest BCUT2D eigenvalue weighted by atomic mass is 10.1. The normalized spacial score (nSPS) is 12.1. The first-order valence-corrected chi connectivity index (χ1v) is 9.22. The van der Waals surface area contributed by atoms with Crippen molar-refractivity contribution < 1.29 is 19.5 Å². The topological polar surface area (TPSA) is 162 Å². The van der Waals surface area contributed by atoms with Gasteiger partial charge in [-0.3, -0.25) is 9.59 Å². The number of carboxylic acids is 1. The summed E-state index contributed by atoms with van der Waals surface area (Å²) >= 11 is 0. The van der Waals surface area contributed by atoms with Crippen molar-refractivity contribution in [2.75, 3.05) is 6.54 Å². The second-order valence-corrected chi connectivity index (χ2v) is 6.36. The number of benzene rings is 2. The molecule has 29 heavy (non-hydrogen) atoms. The van der Waals surface area contributed by atoms with Gasteiger partial charge >= 0.3 is 5.97 Å². The Morgan fingerprint density at radius 2 is 1.52 bits per heavy atom. The first-order valence-electron chi connectivity index (χ1n) is 9.22. The molecular formula is C21H28N4O4. The van der Waals surface area contributed by atoms with Crippen LogP contribution in [0.3, 0.4) is 0 Å². The molecule has 0 aromatic heterocycles. The maximum atomic E-state index is 11.7. The zero-order valence-corrected chi connectivity index (χ0v) is 16.2. The quantitative estimate of drug-likeness (QED) is 0.415. The van der Waals surface area contributed by atoms with E-state index in [0.717, 1.165) is 5.56 Å². The van der Waals surface area contributed by atoms with Gasteiger partial charge in [-0.2, -0.15) is 0 Å². The van der Waals surface area contributed by atoms with Gasteiger partial charge in [-0.25, -0.2) is 4.79 Å². The molecule has 2 amide bonds.